The van der Waals surface area contributed by atoms with Gasteiger partial charge in [0.05, 0.1) is 12.1 Å². The molecule has 104 valence electrons. The molecule has 5 heteroatoms. The van der Waals surface area contributed by atoms with E-state index in [1.807, 2.05) is 11.8 Å². The Morgan fingerprint density at radius 3 is 2.94 bits per heavy atom. The van der Waals surface area contributed by atoms with Gasteiger partial charge in [-0.1, -0.05) is 6.92 Å². The first-order valence-electron chi connectivity index (χ1n) is 7.06. The van der Waals surface area contributed by atoms with Gasteiger partial charge in [0.15, 0.2) is 0 Å². The number of ether oxygens (including phenoxy) is 1. The highest BCUT2D eigenvalue weighted by Crippen LogP contribution is 2.18. The molecule has 2 aliphatic heterocycles. The fraction of sp³-hybridized carbons (Fsp3) is 0.923. The standard InChI is InChI=1S/C13H24N2O2S/c1-2-11(12-6-3-7-17-12)15-13(16)14-10-5-4-8-18-9-10/h10-12H,2-9H2,1H3,(H2,14,15,16). The van der Waals surface area contributed by atoms with Crippen molar-refractivity contribution in [3.8, 4) is 0 Å². The van der Waals surface area contributed by atoms with E-state index in [2.05, 4.69) is 17.6 Å². The van der Waals surface area contributed by atoms with Gasteiger partial charge in [0.25, 0.3) is 0 Å². The van der Waals surface area contributed by atoms with Crippen molar-refractivity contribution in [1.82, 2.24) is 10.6 Å². The van der Waals surface area contributed by atoms with Crippen LogP contribution in [0.2, 0.25) is 0 Å². The summed E-state index contributed by atoms with van der Waals surface area (Å²) in [7, 11) is 0. The van der Waals surface area contributed by atoms with E-state index in [9.17, 15) is 4.79 Å². The molecule has 2 N–H and O–H groups in total. The average Bonchev–Trinajstić information content (AvgIpc) is 2.91. The fourth-order valence-corrected chi connectivity index (χ4v) is 3.70. The van der Waals surface area contributed by atoms with Crippen LogP contribution < -0.4 is 10.6 Å². The maximum atomic E-state index is 12.0. The Kier molecular flexibility index (Phi) is 5.63. The van der Waals surface area contributed by atoms with E-state index in [0.717, 1.165) is 38.0 Å². The molecule has 0 spiro atoms. The van der Waals surface area contributed by atoms with Crippen LogP contribution in [0.4, 0.5) is 4.79 Å². The van der Waals surface area contributed by atoms with Gasteiger partial charge in [-0.15, -0.1) is 0 Å². The number of urea groups is 1. The molecule has 2 fully saturated rings. The topological polar surface area (TPSA) is 50.4 Å². The minimum atomic E-state index is -0.0233. The Morgan fingerprint density at radius 2 is 2.33 bits per heavy atom. The first-order chi connectivity index (χ1) is 8.79. The van der Waals surface area contributed by atoms with E-state index < -0.39 is 0 Å². The predicted molar refractivity (Wildman–Crippen MR) is 75.1 cm³/mol. The number of hydrogen-bond acceptors (Lipinski definition) is 3. The van der Waals surface area contributed by atoms with Gasteiger partial charge >= 0.3 is 6.03 Å². The van der Waals surface area contributed by atoms with Crippen LogP contribution in [0.1, 0.15) is 39.0 Å². The highest BCUT2D eigenvalue weighted by atomic mass is 32.2. The van der Waals surface area contributed by atoms with Crippen LogP contribution >= 0.6 is 11.8 Å². The fourth-order valence-electron chi connectivity index (χ4n) is 2.63. The zero-order chi connectivity index (χ0) is 12.8. The molecular weight excluding hydrogens is 248 g/mol. The monoisotopic (exact) mass is 272 g/mol. The largest absolute Gasteiger partial charge is 0.376 e. The summed E-state index contributed by atoms with van der Waals surface area (Å²) in [5, 5.41) is 6.15. The van der Waals surface area contributed by atoms with E-state index in [-0.39, 0.29) is 18.2 Å². The van der Waals surface area contributed by atoms with Crippen molar-refractivity contribution in [2.45, 2.75) is 57.2 Å². The summed E-state index contributed by atoms with van der Waals surface area (Å²) < 4.78 is 5.65. The molecular formula is C13H24N2O2S. The first kappa shape index (κ1) is 14.0. The maximum Gasteiger partial charge on any atom is 0.315 e. The second-order valence-electron chi connectivity index (χ2n) is 5.10. The SMILES string of the molecule is CCC(NC(=O)NC1CCCSC1)C1CCCO1. The molecule has 18 heavy (non-hydrogen) atoms. The van der Waals surface area contributed by atoms with E-state index in [0.29, 0.717) is 6.04 Å². The molecule has 2 aliphatic rings. The predicted octanol–water partition coefficient (Wildman–Crippen LogP) is 2.14. The zero-order valence-electron chi connectivity index (χ0n) is 11.1. The minimum Gasteiger partial charge on any atom is -0.376 e. The number of carbonyl (C=O) groups is 1. The molecule has 2 rings (SSSR count). The second-order valence-corrected chi connectivity index (χ2v) is 6.25. The smallest absolute Gasteiger partial charge is 0.315 e. The molecule has 0 aromatic heterocycles. The molecule has 0 aromatic rings. The van der Waals surface area contributed by atoms with Crippen molar-refractivity contribution in [3.05, 3.63) is 0 Å². The molecule has 3 atom stereocenters. The average molecular weight is 272 g/mol. The molecule has 0 saturated carbocycles. The number of carbonyl (C=O) groups excluding carboxylic acids is 1. The summed E-state index contributed by atoms with van der Waals surface area (Å²) in [6, 6.07) is 0.472. The Bertz CT molecular complexity index is 264. The molecule has 4 nitrogen and oxygen atoms in total. The van der Waals surface area contributed by atoms with Crippen molar-refractivity contribution >= 4 is 17.8 Å². The third-order valence-electron chi connectivity index (χ3n) is 3.67. The minimum absolute atomic E-state index is 0.0233. The highest BCUT2D eigenvalue weighted by molar-refractivity contribution is 7.99. The van der Waals surface area contributed by atoms with E-state index in [1.165, 1.54) is 12.2 Å². The van der Waals surface area contributed by atoms with Crippen LogP contribution in [0.5, 0.6) is 0 Å². The Hall–Kier alpha value is -0.420. The Morgan fingerprint density at radius 1 is 1.44 bits per heavy atom. The normalized spacial score (nSPS) is 29.8. The van der Waals surface area contributed by atoms with E-state index in [1.54, 1.807) is 0 Å². The van der Waals surface area contributed by atoms with Crippen LogP contribution in [0, 0.1) is 0 Å². The molecule has 0 aromatic carbocycles. The number of amides is 2. The summed E-state index contributed by atoms with van der Waals surface area (Å²) >= 11 is 1.93. The molecule has 2 amide bonds. The molecule has 0 aliphatic carbocycles. The molecule has 3 unspecified atom stereocenters. The number of hydrogen-bond donors (Lipinski definition) is 2. The lowest BCUT2D eigenvalue weighted by molar-refractivity contribution is 0.0795. The summed E-state index contributed by atoms with van der Waals surface area (Å²) in [6.45, 7) is 2.94. The quantitative estimate of drug-likeness (QED) is 0.824. The van der Waals surface area contributed by atoms with Gasteiger partial charge in [-0.05, 0) is 37.9 Å². The first-order valence-corrected chi connectivity index (χ1v) is 8.21. The van der Waals surface area contributed by atoms with Crippen LogP contribution in [-0.2, 0) is 4.74 Å². The van der Waals surface area contributed by atoms with Gasteiger partial charge < -0.3 is 15.4 Å². The summed E-state index contributed by atoms with van der Waals surface area (Å²) in [6.07, 6.45) is 5.64. The van der Waals surface area contributed by atoms with Crippen LogP contribution in [0.25, 0.3) is 0 Å². The van der Waals surface area contributed by atoms with Crippen LogP contribution in [0.3, 0.4) is 0 Å². The van der Waals surface area contributed by atoms with Crippen molar-refractivity contribution < 1.29 is 9.53 Å². The molecule has 0 radical (unpaired) electrons. The van der Waals surface area contributed by atoms with Crippen molar-refractivity contribution in [2.24, 2.45) is 0 Å². The molecule has 0 bridgehead atoms. The lowest BCUT2D eigenvalue weighted by Gasteiger charge is -2.26. The van der Waals surface area contributed by atoms with E-state index >= 15 is 0 Å². The zero-order valence-corrected chi connectivity index (χ0v) is 11.9. The summed E-state index contributed by atoms with van der Waals surface area (Å²) in [4.78, 5) is 12.0. The lowest BCUT2D eigenvalue weighted by atomic mass is 10.1. The highest BCUT2D eigenvalue weighted by Gasteiger charge is 2.26. The van der Waals surface area contributed by atoms with Gasteiger partial charge in [0, 0.05) is 18.4 Å². The Balaban J connectivity index is 1.73. The maximum absolute atomic E-state index is 12.0. The van der Waals surface area contributed by atoms with Gasteiger partial charge in [-0.2, -0.15) is 11.8 Å². The van der Waals surface area contributed by atoms with Gasteiger partial charge in [-0.25, -0.2) is 4.79 Å². The van der Waals surface area contributed by atoms with Crippen molar-refractivity contribution in [2.75, 3.05) is 18.1 Å². The number of rotatable bonds is 4. The van der Waals surface area contributed by atoms with Crippen molar-refractivity contribution in [1.29, 1.82) is 0 Å². The summed E-state index contributed by atoms with van der Waals surface area (Å²) in [5.41, 5.74) is 0. The van der Waals surface area contributed by atoms with Gasteiger partial charge in [0.2, 0.25) is 0 Å². The van der Waals surface area contributed by atoms with Gasteiger partial charge in [-0.3, -0.25) is 0 Å². The number of thioether (sulfide) groups is 1. The third kappa shape index (κ3) is 4.05. The van der Waals surface area contributed by atoms with Crippen LogP contribution in [-0.4, -0.2) is 42.3 Å². The third-order valence-corrected chi connectivity index (χ3v) is 4.88. The lowest BCUT2D eigenvalue weighted by Crippen LogP contribution is -2.50. The van der Waals surface area contributed by atoms with Crippen LogP contribution in [0.15, 0.2) is 0 Å². The molecule has 2 saturated heterocycles. The van der Waals surface area contributed by atoms with Crippen molar-refractivity contribution in [3.63, 3.8) is 0 Å². The van der Waals surface area contributed by atoms with Gasteiger partial charge in [0.1, 0.15) is 0 Å². The van der Waals surface area contributed by atoms with E-state index in [4.69, 9.17) is 4.74 Å². The Labute approximate surface area is 114 Å². The number of nitrogens with one attached hydrogen (secondary N) is 2. The summed E-state index contributed by atoms with van der Waals surface area (Å²) in [5.74, 6) is 2.28. The second kappa shape index (κ2) is 7.24. The molecule has 2 heterocycles.